The van der Waals surface area contributed by atoms with Gasteiger partial charge in [-0.25, -0.2) is 0 Å². The molecule has 0 aliphatic carbocycles. The zero-order valence-electron chi connectivity index (χ0n) is 35.3. The van der Waals surface area contributed by atoms with Crippen LogP contribution in [-0.4, -0.2) is 7.11 Å². The molecular formula is CH4OS83. The molecule has 84 heteroatoms. The zero-order valence-corrected chi connectivity index (χ0v) is 103. The van der Waals surface area contributed by atoms with Gasteiger partial charge in [0.15, 0.2) is 0 Å². The first-order chi connectivity index (χ1) is 42.1. The predicted octanol–water partition coefficient (Wildman–Crippen LogP) is 51.7. The van der Waals surface area contributed by atoms with E-state index < -0.39 is 6.46 Å². The van der Waals surface area contributed by atoms with Gasteiger partial charge >= 0.3 is 0 Å². The summed E-state index contributed by atoms with van der Waals surface area (Å²) in [5.74, 6) is 0. The van der Waals surface area contributed by atoms with E-state index in [4.69, 9.17) is 26.6 Å². The van der Waals surface area contributed by atoms with Crippen LogP contribution < -0.4 is 0 Å². The third-order valence-corrected chi connectivity index (χ3v) is 183. The summed E-state index contributed by atoms with van der Waals surface area (Å²) in [6.07, 6.45) is 0. The van der Waals surface area contributed by atoms with Crippen LogP contribution in [0.3, 0.4) is 0 Å². The van der Waals surface area contributed by atoms with Crippen LogP contribution in [0.2, 0.25) is 0 Å². The summed E-state index contributed by atoms with van der Waals surface area (Å²) in [5, 5.41) is 0. The average molecular weight is 2690 g/mol. The summed E-state index contributed by atoms with van der Waals surface area (Å²) in [6, 6.07) is 0. The van der Waals surface area contributed by atoms with Crippen molar-refractivity contribution in [3.63, 3.8) is 0 Å². The van der Waals surface area contributed by atoms with Crippen LogP contribution in [-0.2, 0) is 33.0 Å². The number of thiol groups is 1. The molecule has 0 aliphatic heterocycles. The van der Waals surface area contributed by atoms with Gasteiger partial charge in [-0.05, 0) is 101 Å². The Morgan fingerprint density at radius 1 is 0.165 bits per heavy atom. The first-order valence-electron chi connectivity index (χ1n) is 14.3. The van der Waals surface area contributed by atoms with Crippen molar-refractivity contribution in [2.45, 2.75) is 0 Å². The fourth-order valence-corrected chi connectivity index (χ4v) is 220. The monoisotopic (exact) mass is 2690 g/mol. The largest absolute Gasteiger partial charge is 0.305 e. The van der Waals surface area contributed by atoms with Crippen LogP contribution in [0.5, 0.6) is 0 Å². The Bertz CT molecular complexity index is 1240. The molecule has 0 atom stereocenters. The highest BCUT2D eigenvalue weighted by Gasteiger charge is 2.08. The van der Waals surface area contributed by atoms with E-state index in [2.05, 4.69) is 11.7 Å². The molecular weight excluding hydrogens is 2690 g/mol. The van der Waals surface area contributed by atoms with Gasteiger partial charge in [-0.1, -0.05) is 11.7 Å². The molecule has 0 N–H and O–H groups in total. The molecule has 512 valence electrons. The second-order valence-electron chi connectivity index (χ2n) is 5.96. The van der Waals surface area contributed by atoms with Crippen LogP contribution in [0.4, 0.5) is 0 Å². The molecule has 0 aliphatic rings. The van der Waals surface area contributed by atoms with Crippen molar-refractivity contribution in [1.29, 1.82) is 0 Å². The van der Waals surface area contributed by atoms with Crippen molar-refractivity contribution in [2.24, 2.45) is 0 Å². The quantitative estimate of drug-likeness (QED) is 0.0352. The minimum atomic E-state index is -1.80. The molecule has 0 aromatic carbocycles. The van der Waals surface area contributed by atoms with Gasteiger partial charge in [0.25, 0.3) is 0 Å². The van der Waals surface area contributed by atoms with Crippen molar-refractivity contribution in [1.82, 2.24) is 0 Å². The van der Waals surface area contributed by atoms with E-state index in [1.807, 2.05) is 619 Å². The van der Waals surface area contributed by atoms with Crippen LogP contribution in [0.25, 0.3) is 0 Å². The second kappa shape index (κ2) is 107. The zero-order chi connectivity index (χ0) is 61.1. The summed E-state index contributed by atoms with van der Waals surface area (Å²) >= 11 is 14.5. The Morgan fingerprint density at radius 2 is 0.247 bits per heavy atom. The topological polar surface area (TPSA) is 9.23 Å². The Morgan fingerprint density at radius 3 is 0.329 bits per heavy atom. The second-order valence-corrected chi connectivity index (χ2v) is 153. The number of hydrogen-bond acceptors (Lipinski definition) is 83. The third kappa shape index (κ3) is 109. The summed E-state index contributed by atoms with van der Waals surface area (Å²) in [7, 11) is 144. The standard InChI is InChI=1S/CH4OS83/c1-2-85(4,5)84-83-82-81-80-79-78-77-76-75-74-73-72-71-70-69-68-67-66-65-64-63-62-61-60-59-58-57-56-55-54-53-52-51-50-49-48-47-46-45-44-43-42-41-40-39-38-37-36-35-34-33-32-31-30-29-28-27-26-25-24-23-22-21-20-19-18-17-16-15-14-13-12-11-10-9-8-7-6-3/h3H,1H3. The Labute approximate surface area is 804 Å². The van der Waals surface area contributed by atoms with Crippen LogP contribution in [0, 0.1) is 0 Å². The summed E-state index contributed by atoms with van der Waals surface area (Å²) in [6.45, 7) is -1.80. The summed E-state index contributed by atoms with van der Waals surface area (Å²) in [5.41, 5.74) is 0. The van der Waals surface area contributed by atoms with Crippen molar-refractivity contribution in [3.05, 3.63) is 0 Å². The van der Waals surface area contributed by atoms with Gasteiger partial charge in [0.1, 0.15) is 0 Å². The molecule has 0 bridgehead atoms. The van der Waals surface area contributed by atoms with Crippen LogP contribution in [0.1, 0.15) is 0 Å². The van der Waals surface area contributed by atoms with E-state index >= 15 is 0 Å². The molecule has 0 saturated heterocycles. The molecule has 0 heterocycles. The van der Waals surface area contributed by atoms with Gasteiger partial charge in [-0.3, -0.25) is 0 Å². The predicted molar refractivity (Wildman–Crippen MR) is 638 cm³/mol. The van der Waals surface area contributed by atoms with E-state index in [0.29, 0.717) is 0 Å². The lowest BCUT2D eigenvalue weighted by Crippen LogP contribution is -1.87. The molecule has 85 heavy (non-hydrogen) atoms. The molecule has 0 saturated carbocycles. The summed E-state index contributed by atoms with van der Waals surface area (Å²) < 4.78 is 5.12. The Hall–Kier alpha value is 28.8. The van der Waals surface area contributed by atoms with Gasteiger partial charge < -0.3 is 4.18 Å². The number of hydrogen-bond donors (Lipinski definition) is 1. The SMILES string of the molecule is COS(=S)(=S)SSSSSSSSSSSSSSSSSSSSSSSSSSSSSSSSSSSSSSSSSSSSSSSSSSSSSSSSSSSSSSSSSSSSSSSSSSSSSSSS. The molecule has 0 amide bonds. The maximum absolute atomic E-state index is 5.18. The lowest BCUT2D eigenvalue weighted by Gasteiger charge is -2.03. The summed E-state index contributed by atoms with van der Waals surface area (Å²) in [4.78, 5) is 0. The van der Waals surface area contributed by atoms with E-state index in [1.165, 1.54) is 19.7 Å². The van der Waals surface area contributed by atoms with Gasteiger partial charge in [0.05, 0.1) is 13.6 Å². The van der Waals surface area contributed by atoms with Crippen molar-refractivity contribution in [2.75, 3.05) is 7.11 Å². The number of rotatable bonds is 80. The first kappa shape index (κ1) is 114. The van der Waals surface area contributed by atoms with Gasteiger partial charge in [0, 0.05) is 698 Å². The molecule has 1 nitrogen and oxygen atoms in total. The highest BCUT2D eigenvalue weighted by Crippen LogP contribution is 2.72. The normalized spacial score (nSPS) is 12.0. The molecule has 0 radical (unpaired) electrons. The minimum absolute atomic E-state index is 1.46. The highest BCUT2D eigenvalue weighted by molar-refractivity contribution is 9.66. The van der Waals surface area contributed by atoms with Crippen molar-refractivity contribution >= 4 is 817 Å². The molecule has 0 fully saturated rings. The molecule has 0 rings (SSSR count). The minimum Gasteiger partial charge on any atom is -0.305 e. The fraction of sp³-hybridized carbons (Fsp3) is 1.00. The van der Waals surface area contributed by atoms with E-state index in [-0.39, 0.29) is 0 Å². The van der Waals surface area contributed by atoms with E-state index in [1.54, 1.807) is 145 Å². The fourth-order valence-electron chi connectivity index (χ4n) is 0.936. The highest BCUT2D eigenvalue weighted by atomic mass is 34.1. The smallest absolute Gasteiger partial charge is 0.0817 e. The first-order valence-corrected chi connectivity index (χ1v) is 124. The average Bonchev–Trinajstić information content (AvgIpc) is 3.51. The Kier molecular flexibility index (Phi) is 143. The van der Waals surface area contributed by atoms with Gasteiger partial charge in [-0.2, -0.15) is 0 Å². The van der Waals surface area contributed by atoms with Crippen LogP contribution in [0.15, 0.2) is 0 Å². The lowest BCUT2D eigenvalue weighted by molar-refractivity contribution is 0.491. The molecule has 0 aromatic heterocycles. The molecule has 0 aromatic rings. The van der Waals surface area contributed by atoms with Crippen molar-refractivity contribution in [3.8, 4) is 0 Å². The molecule has 0 unspecified atom stereocenters. The van der Waals surface area contributed by atoms with Gasteiger partial charge in [0.2, 0.25) is 0 Å². The molecule has 0 spiro atoms. The maximum atomic E-state index is 5.18. The van der Waals surface area contributed by atoms with Gasteiger partial charge in [-0.15, -0.1) is 0 Å². The maximum Gasteiger partial charge on any atom is 0.0817 e. The van der Waals surface area contributed by atoms with E-state index in [0.717, 1.165) is 0 Å². The lowest BCUT2D eigenvalue weighted by atomic mass is 11.8. The third-order valence-electron chi connectivity index (χ3n) is 2.46. The van der Waals surface area contributed by atoms with Crippen molar-refractivity contribution < 1.29 is 4.18 Å². The van der Waals surface area contributed by atoms with E-state index in [9.17, 15) is 0 Å². The Balaban J connectivity index is 3.09. The van der Waals surface area contributed by atoms with Crippen LogP contribution >= 0.6 is 788 Å².